The van der Waals surface area contributed by atoms with Gasteiger partial charge in [-0.1, -0.05) is 5.16 Å². The topological polar surface area (TPSA) is 88.0 Å². The molecule has 20 heavy (non-hydrogen) atoms. The van der Waals surface area contributed by atoms with Crippen molar-refractivity contribution in [1.82, 2.24) is 4.72 Å². The van der Waals surface area contributed by atoms with Crippen LogP contribution in [0.1, 0.15) is 31.2 Å². The highest BCUT2D eigenvalue weighted by Crippen LogP contribution is 2.45. The molecule has 1 fully saturated rings. The van der Waals surface area contributed by atoms with Crippen molar-refractivity contribution >= 4 is 15.7 Å². The first kappa shape index (κ1) is 13.4. The molecule has 1 aliphatic heterocycles. The van der Waals surface area contributed by atoms with E-state index < -0.39 is 10.0 Å². The number of ether oxygens (including phenoxy) is 1. The van der Waals surface area contributed by atoms with Gasteiger partial charge in [0.25, 0.3) is 0 Å². The van der Waals surface area contributed by atoms with E-state index in [0.717, 1.165) is 19.3 Å². The summed E-state index contributed by atoms with van der Waals surface area (Å²) in [6.45, 7) is 0. The van der Waals surface area contributed by atoms with Gasteiger partial charge >= 0.3 is 0 Å². The number of hydrogen-bond donors (Lipinski definition) is 2. The lowest BCUT2D eigenvalue weighted by molar-refractivity contribution is -0.00550. The summed E-state index contributed by atoms with van der Waals surface area (Å²) in [6.07, 6.45) is 3.48. The molecule has 1 aliphatic carbocycles. The average molecular weight is 296 g/mol. The van der Waals surface area contributed by atoms with Gasteiger partial charge in [-0.3, -0.25) is 0 Å². The molecule has 0 saturated heterocycles. The minimum atomic E-state index is -3.53. The Hall–Kier alpha value is -1.60. The molecular formula is C13H16N2O4S. The van der Waals surface area contributed by atoms with Gasteiger partial charge < -0.3 is 9.94 Å². The van der Waals surface area contributed by atoms with E-state index >= 15 is 0 Å². The van der Waals surface area contributed by atoms with Gasteiger partial charge in [0.05, 0.1) is 10.6 Å². The van der Waals surface area contributed by atoms with Crippen molar-refractivity contribution in [2.24, 2.45) is 5.16 Å². The molecule has 108 valence electrons. The van der Waals surface area contributed by atoms with Crippen LogP contribution in [0.25, 0.3) is 0 Å². The highest BCUT2D eigenvalue weighted by molar-refractivity contribution is 7.89. The molecule has 1 spiro atoms. The molecule has 1 heterocycles. The Morgan fingerprint density at radius 3 is 2.70 bits per heavy atom. The SMILES string of the molecule is CNS(=O)(=O)c1ccc2c(c1)/C(=N\O)CC1(CCC1)O2. The third-order valence-electron chi connectivity index (χ3n) is 4.04. The summed E-state index contributed by atoms with van der Waals surface area (Å²) in [5.74, 6) is 0.582. The highest BCUT2D eigenvalue weighted by Gasteiger charge is 2.44. The molecule has 2 N–H and O–H groups in total. The summed E-state index contributed by atoms with van der Waals surface area (Å²) in [6, 6.07) is 4.61. The van der Waals surface area contributed by atoms with Crippen LogP contribution in [-0.2, 0) is 10.0 Å². The smallest absolute Gasteiger partial charge is 0.240 e. The Morgan fingerprint density at radius 2 is 2.15 bits per heavy atom. The molecule has 1 aromatic rings. The van der Waals surface area contributed by atoms with Crippen LogP contribution in [-0.4, -0.2) is 32.0 Å². The predicted molar refractivity (Wildman–Crippen MR) is 72.8 cm³/mol. The van der Waals surface area contributed by atoms with Crippen LogP contribution in [0.5, 0.6) is 5.75 Å². The molecule has 0 amide bonds. The molecular weight excluding hydrogens is 280 g/mol. The summed E-state index contributed by atoms with van der Waals surface area (Å²) in [7, 11) is -2.17. The Labute approximate surface area is 117 Å². The number of nitrogens with one attached hydrogen (secondary N) is 1. The number of fused-ring (bicyclic) bond motifs is 1. The van der Waals surface area contributed by atoms with Crippen LogP contribution in [0, 0.1) is 0 Å². The van der Waals surface area contributed by atoms with E-state index in [0.29, 0.717) is 23.4 Å². The molecule has 2 aliphatic rings. The minimum Gasteiger partial charge on any atom is -0.486 e. The van der Waals surface area contributed by atoms with E-state index in [1.54, 1.807) is 6.07 Å². The summed E-state index contributed by atoms with van der Waals surface area (Å²) in [5.41, 5.74) is 0.762. The van der Waals surface area contributed by atoms with Gasteiger partial charge in [-0.2, -0.15) is 0 Å². The molecule has 1 saturated carbocycles. The number of hydrogen-bond acceptors (Lipinski definition) is 5. The highest BCUT2D eigenvalue weighted by atomic mass is 32.2. The quantitative estimate of drug-likeness (QED) is 0.639. The third-order valence-corrected chi connectivity index (χ3v) is 5.45. The fourth-order valence-electron chi connectivity index (χ4n) is 2.72. The Balaban J connectivity index is 2.07. The van der Waals surface area contributed by atoms with E-state index in [1.165, 1.54) is 19.2 Å². The van der Waals surface area contributed by atoms with Gasteiger partial charge in [0.2, 0.25) is 10.0 Å². The fraction of sp³-hybridized carbons (Fsp3) is 0.462. The van der Waals surface area contributed by atoms with Crippen LogP contribution in [0.3, 0.4) is 0 Å². The molecule has 1 aromatic carbocycles. The third kappa shape index (κ3) is 1.97. The fourth-order valence-corrected chi connectivity index (χ4v) is 3.47. The van der Waals surface area contributed by atoms with Gasteiger partial charge in [0.15, 0.2) is 0 Å². The summed E-state index contributed by atoms with van der Waals surface area (Å²) in [5, 5.41) is 12.5. The Kier molecular flexibility index (Phi) is 2.98. The second kappa shape index (κ2) is 4.46. The number of nitrogens with zero attached hydrogens (tertiary/aromatic N) is 1. The first-order chi connectivity index (χ1) is 9.50. The monoisotopic (exact) mass is 296 g/mol. The van der Waals surface area contributed by atoms with E-state index in [4.69, 9.17) is 4.74 Å². The maximum atomic E-state index is 11.8. The number of benzene rings is 1. The summed E-state index contributed by atoms with van der Waals surface area (Å²) < 4.78 is 31.9. The molecule has 0 bridgehead atoms. The van der Waals surface area contributed by atoms with E-state index in [-0.39, 0.29) is 10.5 Å². The van der Waals surface area contributed by atoms with E-state index in [9.17, 15) is 13.6 Å². The molecule has 0 radical (unpaired) electrons. The second-order valence-electron chi connectivity index (χ2n) is 5.23. The first-order valence-electron chi connectivity index (χ1n) is 6.48. The van der Waals surface area contributed by atoms with Gasteiger partial charge in [-0.25, -0.2) is 13.1 Å². The molecule has 7 heteroatoms. The maximum Gasteiger partial charge on any atom is 0.240 e. The van der Waals surface area contributed by atoms with Crippen molar-refractivity contribution in [2.75, 3.05) is 7.05 Å². The average Bonchev–Trinajstić information content (AvgIpc) is 2.43. The van der Waals surface area contributed by atoms with Gasteiger partial charge in [-0.15, -0.1) is 0 Å². The molecule has 0 atom stereocenters. The van der Waals surface area contributed by atoms with Crippen molar-refractivity contribution in [3.8, 4) is 5.75 Å². The lowest BCUT2D eigenvalue weighted by Gasteiger charge is -2.45. The van der Waals surface area contributed by atoms with Crippen molar-refractivity contribution < 1.29 is 18.4 Å². The zero-order chi connectivity index (χ0) is 14.4. The first-order valence-corrected chi connectivity index (χ1v) is 7.96. The van der Waals surface area contributed by atoms with E-state index in [1.807, 2.05) is 0 Å². The summed E-state index contributed by atoms with van der Waals surface area (Å²) in [4.78, 5) is 0.132. The van der Waals surface area contributed by atoms with Crippen LogP contribution < -0.4 is 9.46 Å². The lowest BCUT2D eigenvalue weighted by atomic mass is 9.74. The van der Waals surface area contributed by atoms with Gasteiger partial charge in [0, 0.05) is 12.0 Å². The van der Waals surface area contributed by atoms with Crippen LogP contribution in [0.2, 0.25) is 0 Å². The molecule has 6 nitrogen and oxygen atoms in total. The standard InChI is InChI=1S/C13H16N2O4S/c1-14-20(17,18)9-3-4-12-10(7-9)11(15-16)8-13(19-12)5-2-6-13/h3-4,7,14,16H,2,5-6,8H2,1H3/b15-11-. The lowest BCUT2D eigenvalue weighted by Crippen LogP contribution is -2.47. The van der Waals surface area contributed by atoms with Crippen molar-refractivity contribution in [1.29, 1.82) is 0 Å². The Bertz CT molecular complexity index is 678. The van der Waals surface area contributed by atoms with E-state index in [2.05, 4.69) is 9.88 Å². The van der Waals surface area contributed by atoms with Crippen LogP contribution in [0.15, 0.2) is 28.3 Å². The number of rotatable bonds is 2. The van der Waals surface area contributed by atoms with Gasteiger partial charge in [0.1, 0.15) is 11.4 Å². The largest absolute Gasteiger partial charge is 0.486 e. The van der Waals surface area contributed by atoms with Crippen molar-refractivity contribution in [3.63, 3.8) is 0 Å². The minimum absolute atomic E-state index is 0.132. The zero-order valence-electron chi connectivity index (χ0n) is 11.1. The van der Waals surface area contributed by atoms with Gasteiger partial charge in [-0.05, 0) is 44.5 Å². The summed E-state index contributed by atoms with van der Waals surface area (Å²) >= 11 is 0. The van der Waals surface area contributed by atoms with Crippen molar-refractivity contribution in [3.05, 3.63) is 23.8 Å². The molecule has 0 unspecified atom stereocenters. The molecule has 0 aromatic heterocycles. The maximum absolute atomic E-state index is 11.8. The van der Waals surface area contributed by atoms with Crippen LogP contribution >= 0.6 is 0 Å². The molecule has 3 rings (SSSR count). The van der Waals surface area contributed by atoms with Crippen molar-refractivity contribution in [2.45, 2.75) is 36.2 Å². The van der Waals surface area contributed by atoms with Crippen LogP contribution in [0.4, 0.5) is 0 Å². The Morgan fingerprint density at radius 1 is 1.40 bits per heavy atom. The number of oxime groups is 1. The second-order valence-corrected chi connectivity index (χ2v) is 7.11. The normalized spacial score (nSPS) is 22.1. The predicted octanol–water partition coefficient (Wildman–Crippen LogP) is 1.48. The zero-order valence-corrected chi connectivity index (χ0v) is 11.9. The number of sulfonamides is 1.